The first-order valence-corrected chi connectivity index (χ1v) is 9.45. The molecule has 28 heavy (non-hydrogen) atoms. The normalized spacial score (nSPS) is 20.8. The van der Waals surface area contributed by atoms with E-state index in [4.69, 9.17) is 4.74 Å². The van der Waals surface area contributed by atoms with E-state index in [-0.39, 0.29) is 11.9 Å². The van der Waals surface area contributed by atoms with E-state index in [0.717, 1.165) is 41.6 Å². The highest BCUT2D eigenvalue weighted by atomic mass is 16.5. The van der Waals surface area contributed by atoms with Gasteiger partial charge < -0.3 is 25.6 Å². The number of anilines is 4. The second-order valence-electron chi connectivity index (χ2n) is 7.19. The molecule has 144 valence electrons. The summed E-state index contributed by atoms with van der Waals surface area (Å²) in [5.41, 5.74) is 6.32. The first-order valence-electron chi connectivity index (χ1n) is 9.45. The summed E-state index contributed by atoms with van der Waals surface area (Å²) in [5, 5.41) is 14.5. The Labute approximate surface area is 162 Å². The molecule has 8 heteroatoms. The van der Waals surface area contributed by atoms with Gasteiger partial charge >= 0.3 is 0 Å². The van der Waals surface area contributed by atoms with Crippen LogP contribution in [0.2, 0.25) is 0 Å². The zero-order chi connectivity index (χ0) is 19.1. The molecule has 1 amide bonds. The molecule has 4 N–H and O–H groups in total. The highest BCUT2D eigenvalue weighted by Gasteiger charge is 2.36. The molecule has 0 bridgehead atoms. The Morgan fingerprint density at radius 3 is 2.75 bits per heavy atom. The molecule has 0 spiro atoms. The number of hydrazone groups is 1. The fourth-order valence-electron chi connectivity index (χ4n) is 3.58. The van der Waals surface area contributed by atoms with E-state index < -0.39 is 0 Å². The van der Waals surface area contributed by atoms with Gasteiger partial charge in [0, 0.05) is 24.8 Å². The number of carbonyl (C=O) groups excluding carboxylic acids is 1. The maximum atomic E-state index is 12.1. The molecule has 8 nitrogen and oxygen atoms in total. The Balaban J connectivity index is 1.56. The van der Waals surface area contributed by atoms with Crippen LogP contribution in [0.1, 0.15) is 6.92 Å². The van der Waals surface area contributed by atoms with Crippen molar-refractivity contribution < 1.29 is 9.53 Å². The van der Waals surface area contributed by atoms with Crippen LogP contribution >= 0.6 is 0 Å². The molecule has 2 aromatic rings. The van der Waals surface area contributed by atoms with Crippen molar-refractivity contribution >= 4 is 34.5 Å². The Morgan fingerprint density at radius 2 is 2.00 bits per heavy atom. The Hall–Kier alpha value is -3.26. The van der Waals surface area contributed by atoms with Gasteiger partial charge in [0.05, 0.1) is 23.1 Å². The topological polar surface area (TPSA) is 90.0 Å². The summed E-state index contributed by atoms with van der Waals surface area (Å²) in [7, 11) is 0. The van der Waals surface area contributed by atoms with Gasteiger partial charge in [0.25, 0.3) is 5.91 Å². The number of nitrogens with one attached hydrogen (secondary N) is 4. The number of hydrogen-bond acceptors (Lipinski definition) is 7. The summed E-state index contributed by atoms with van der Waals surface area (Å²) >= 11 is 0. The van der Waals surface area contributed by atoms with Crippen LogP contribution in [0.25, 0.3) is 0 Å². The number of amides is 1. The van der Waals surface area contributed by atoms with Gasteiger partial charge in [-0.3, -0.25) is 4.79 Å². The van der Waals surface area contributed by atoms with Crippen molar-refractivity contribution in [1.82, 2.24) is 10.7 Å². The van der Waals surface area contributed by atoms with Gasteiger partial charge in [0.2, 0.25) is 0 Å². The molecule has 3 heterocycles. The Bertz CT molecular complexity index is 941. The van der Waals surface area contributed by atoms with Gasteiger partial charge in [0.1, 0.15) is 18.4 Å². The predicted octanol–water partition coefficient (Wildman–Crippen LogP) is 1.84. The molecule has 0 aliphatic carbocycles. The molecule has 0 aromatic heterocycles. The SMILES string of the molecule is CC1C(=O)NN=C2COc3cc(Nc4ccccc4)c(NC4CNC4)cc3N21. The molecular weight excluding hydrogens is 356 g/mol. The average Bonchev–Trinajstić information content (AvgIpc) is 2.68. The van der Waals surface area contributed by atoms with Crippen LogP contribution in [0.4, 0.5) is 22.7 Å². The minimum Gasteiger partial charge on any atom is -0.483 e. The first kappa shape index (κ1) is 16.9. The maximum absolute atomic E-state index is 12.1. The van der Waals surface area contributed by atoms with Crippen LogP contribution in [0.3, 0.4) is 0 Å². The summed E-state index contributed by atoms with van der Waals surface area (Å²) < 4.78 is 5.95. The number of nitrogens with zero attached hydrogens (tertiary/aromatic N) is 2. The summed E-state index contributed by atoms with van der Waals surface area (Å²) in [4.78, 5) is 14.1. The third-order valence-corrected chi connectivity index (χ3v) is 5.25. The second kappa shape index (κ2) is 6.72. The summed E-state index contributed by atoms with van der Waals surface area (Å²) in [6.07, 6.45) is 0. The number of amidine groups is 1. The maximum Gasteiger partial charge on any atom is 0.262 e. The number of rotatable bonds is 4. The van der Waals surface area contributed by atoms with E-state index in [1.54, 1.807) is 0 Å². The van der Waals surface area contributed by atoms with E-state index in [2.05, 4.69) is 26.5 Å². The molecule has 1 unspecified atom stereocenters. The number of para-hydroxylation sites is 1. The molecule has 0 radical (unpaired) electrons. The third-order valence-electron chi connectivity index (χ3n) is 5.25. The van der Waals surface area contributed by atoms with Gasteiger partial charge in [-0.25, -0.2) is 5.43 Å². The van der Waals surface area contributed by atoms with Crippen molar-refractivity contribution in [2.75, 3.05) is 35.2 Å². The van der Waals surface area contributed by atoms with Crippen LogP contribution in [-0.2, 0) is 4.79 Å². The molecule has 3 aliphatic rings. The Morgan fingerprint density at radius 1 is 1.18 bits per heavy atom. The van der Waals surface area contributed by atoms with Gasteiger partial charge in [-0.05, 0) is 25.1 Å². The molecular formula is C20H22N6O2. The van der Waals surface area contributed by atoms with Crippen molar-refractivity contribution in [3.63, 3.8) is 0 Å². The van der Waals surface area contributed by atoms with Gasteiger partial charge in [0.15, 0.2) is 5.84 Å². The number of carbonyl (C=O) groups is 1. The fraction of sp³-hybridized carbons (Fsp3) is 0.300. The van der Waals surface area contributed by atoms with Crippen molar-refractivity contribution in [1.29, 1.82) is 0 Å². The highest BCUT2D eigenvalue weighted by molar-refractivity contribution is 6.09. The largest absolute Gasteiger partial charge is 0.483 e. The van der Waals surface area contributed by atoms with E-state index in [1.807, 2.05) is 54.3 Å². The van der Waals surface area contributed by atoms with Crippen molar-refractivity contribution in [2.45, 2.75) is 19.0 Å². The first-order chi connectivity index (χ1) is 13.7. The number of benzene rings is 2. The summed E-state index contributed by atoms with van der Waals surface area (Å²) in [5.74, 6) is 1.32. The van der Waals surface area contributed by atoms with Crippen molar-refractivity contribution in [2.24, 2.45) is 5.10 Å². The highest BCUT2D eigenvalue weighted by Crippen LogP contribution is 2.42. The molecule has 1 saturated heterocycles. The Kier molecular flexibility index (Phi) is 4.05. The second-order valence-corrected chi connectivity index (χ2v) is 7.19. The average molecular weight is 378 g/mol. The fourth-order valence-corrected chi connectivity index (χ4v) is 3.58. The third kappa shape index (κ3) is 2.91. The van der Waals surface area contributed by atoms with Crippen molar-refractivity contribution in [3.8, 4) is 5.75 Å². The lowest BCUT2D eigenvalue weighted by Crippen LogP contribution is -2.55. The van der Waals surface area contributed by atoms with Crippen LogP contribution in [0.5, 0.6) is 5.75 Å². The van der Waals surface area contributed by atoms with Crippen molar-refractivity contribution in [3.05, 3.63) is 42.5 Å². The zero-order valence-corrected chi connectivity index (χ0v) is 15.5. The molecule has 1 atom stereocenters. The minimum atomic E-state index is -0.346. The van der Waals surface area contributed by atoms with Crippen LogP contribution in [0, 0.1) is 0 Å². The summed E-state index contributed by atoms with van der Waals surface area (Å²) in [6.45, 7) is 4.04. The van der Waals surface area contributed by atoms with E-state index in [9.17, 15) is 4.79 Å². The van der Waals surface area contributed by atoms with E-state index in [1.165, 1.54) is 0 Å². The van der Waals surface area contributed by atoms with Gasteiger partial charge in [-0.1, -0.05) is 18.2 Å². The molecule has 1 fully saturated rings. The smallest absolute Gasteiger partial charge is 0.262 e. The van der Waals surface area contributed by atoms with E-state index >= 15 is 0 Å². The molecule has 2 aromatic carbocycles. The standard InChI is InChI=1S/C20H22N6O2/c1-12-20(27)25-24-19-11-28-18-8-16(22-13-5-3-2-4-6-13)15(7-17(18)26(12)19)23-14-9-21-10-14/h2-8,12,14,21-23H,9-11H2,1H3,(H,25,27). The monoisotopic (exact) mass is 378 g/mol. The molecule has 3 aliphatic heterocycles. The molecule has 5 rings (SSSR count). The number of fused-ring (bicyclic) bond motifs is 3. The van der Waals surface area contributed by atoms with E-state index in [0.29, 0.717) is 18.5 Å². The minimum absolute atomic E-state index is 0.124. The van der Waals surface area contributed by atoms with Gasteiger partial charge in [-0.2, -0.15) is 5.10 Å². The lowest BCUT2D eigenvalue weighted by molar-refractivity contribution is -0.122. The lowest BCUT2D eigenvalue weighted by Gasteiger charge is -2.39. The lowest BCUT2D eigenvalue weighted by atomic mass is 10.1. The zero-order valence-electron chi connectivity index (χ0n) is 15.5. The van der Waals surface area contributed by atoms with Crippen LogP contribution in [0.15, 0.2) is 47.6 Å². The quantitative estimate of drug-likeness (QED) is 0.649. The number of hydrogen-bond donors (Lipinski definition) is 4. The molecule has 0 saturated carbocycles. The number of ether oxygens (including phenoxy) is 1. The van der Waals surface area contributed by atoms with Crippen LogP contribution < -0.4 is 31.0 Å². The predicted molar refractivity (Wildman–Crippen MR) is 109 cm³/mol. The van der Waals surface area contributed by atoms with Crippen LogP contribution in [-0.4, -0.2) is 43.5 Å². The summed E-state index contributed by atoms with van der Waals surface area (Å²) in [6, 6.07) is 14.1. The van der Waals surface area contributed by atoms with Gasteiger partial charge in [-0.15, -0.1) is 0 Å².